The second-order valence-corrected chi connectivity index (χ2v) is 6.76. The van der Waals surface area contributed by atoms with Gasteiger partial charge in [0.1, 0.15) is 11.4 Å². The fraction of sp³-hybridized carbons (Fsp3) is 0.381. The third-order valence-electron chi connectivity index (χ3n) is 4.63. The molecule has 2 heterocycles. The lowest BCUT2D eigenvalue weighted by molar-refractivity contribution is 0.0383. The zero-order valence-corrected chi connectivity index (χ0v) is 16.1. The number of benzene rings is 1. The summed E-state index contributed by atoms with van der Waals surface area (Å²) in [6, 6.07) is 14.7. The minimum Gasteiger partial charge on any atom is -0.379 e. The SMILES string of the molecule is CN(Cc1ccccc1)C(=O)c1cccc(C(=O)NCCN2CCOCC2)n1. The van der Waals surface area contributed by atoms with E-state index >= 15 is 0 Å². The van der Waals surface area contributed by atoms with Gasteiger partial charge in [-0.05, 0) is 17.7 Å². The highest BCUT2D eigenvalue weighted by Gasteiger charge is 2.16. The van der Waals surface area contributed by atoms with Crippen LogP contribution >= 0.6 is 0 Å². The first-order valence-electron chi connectivity index (χ1n) is 9.48. The number of morpholine rings is 1. The molecule has 1 aromatic carbocycles. The van der Waals surface area contributed by atoms with E-state index in [4.69, 9.17) is 4.74 Å². The number of carbonyl (C=O) groups excluding carboxylic acids is 2. The minimum absolute atomic E-state index is 0.216. The Kier molecular flexibility index (Phi) is 7.11. The first-order chi connectivity index (χ1) is 13.6. The van der Waals surface area contributed by atoms with Gasteiger partial charge in [-0.15, -0.1) is 0 Å². The summed E-state index contributed by atoms with van der Waals surface area (Å²) < 4.78 is 5.31. The van der Waals surface area contributed by atoms with E-state index < -0.39 is 0 Å². The van der Waals surface area contributed by atoms with Crippen molar-refractivity contribution in [2.24, 2.45) is 0 Å². The van der Waals surface area contributed by atoms with Crippen LogP contribution in [-0.2, 0) is 11.3 Å². The molecule has 0 aliphatic carbocycles. The van der Waals surface area contributed by atoms with E-state index in [0.717, 1.165) is 38.4 Å². The fourth-order valence-corrected chi connectivity index (χ4v) is 3.05. The van der Waals surface area contributed by atoms with E-state index in [-0.39, 0.29) is 23.2 Å². The van der Waals surface area contributed by atoms with Gasteiger partial charge in [0.05, 0.1) is 13.2 Å². The topological polar surface area (TPSA) is 74.8 Å². The lowest BCUT2D eigenvalue weighted by Crippen LogP contribution is -2.41. The summed E-state index contributed by atoms with van der Waals surface area (Å²) in [6.07, 6.45) is 0. The van der Waals surface area contributed by atoms with Gasteiger partial charge < -0.3 is 15.0 Å². The third kappa shape index (κ3) is 5.61. The van der Waals surface area contributed by atoms with E-state index in [2.05, 4.69) is 15.2 Å². The summed E-state index contributed by atoms with van der Waals surface area (Å²) in [5.74, 6) is -0.486. The number of carbonyl (C=O) groups is 2. The van der Waals surface area contributed by atoms with Crippen molar-refractivity contribution in [1.82, 2.24) is 20.1 Å². The summed E-state index contributed by atoms with van der Waals surface area (Å²) in [7, 11) is 1.73. The summed E-state index contributed by atoms with van der Waals surface area (Å²) in [6.45, 7) is 5.02. The third-order valence-corrected chi connectivity index (χ3v) is 4.63. The molecular formula is C21H26N4O3. The molecule has 1 N–H and O–H groups in total. The van der Waals surface area contributed by atoms with E-state index in [1.807, 2.05) is 30.3 Å². The van der Waals surface area contributed by atoms with Crippen LogP contribution in [0.25, 0.3) is 0 Å². The molecular weight excluding hydrogens is 356 g/mol. The number of pyridine rings is 1. The molecule has 148 valence electrons. The summed E-state index contributed by atoms with van der Waals surface area (Å²) >= 11 is 0. The number of aromatic nitrogens is 1. The largest absolute Gasteiger partial charge is 0.379 e. The number of ether oxygens (including phenoxy) is 1. The average molecular weight is 382 g/mol. The van der Waals surface area contributed by atoms with Gasteiger partial charge in [0.2, 0.25) is 0 Å². The smallest absolute Gasteiger partial charge is 0.272 e. The second kappa shape index (κ2) is 9.96. The zero-order chi connectivity index (χ0) is 19.8. The molecule has 1 aliphatic rings. The van der Waals surface area contributed by atoms with Gasteiger partial charge in [0.25, 0.3) is 11.8 Å². The fourth-order valence-electron chi connectivity index (χ4n) is 3.05. The molecule has 0 spiro atoms. The van der Waals surface area contributed by atoms with E-state index in [1.54, 1.807) is 30.1 Å². The molecule has 1 fully saturated rings. The number of hydrogen-bond acceptors (Lipinski definition) is 5. The van der Waals surface area contributed by atoms with Gasteiger partial charge in [-0.2, -0.15) is 0 Å². The quantitative estimate of drug-likeness (QED) is 0.784. The maximum absolute atomic E-state index is 12.7. The standard InChI is InChI=1S/C21H26N4O3/c1-24(16-17-6-3-2-4-7-17)21(27)19-9-5-8-18(23-19)20(26)22-10-11-25-12-14-28-15-13-25/h2-9H,10-16H2,1H3,(H,22,26). The molecule has 1 aliphatic heterocycles. The molecule has 0 saturated carbocycles. The van der Waals surface area contributed by atoms with E-state index in [9.17, 15) is 9.59 Å². The first-order valence-corrected chi connectivity index (χ1v) is 9.48. The Morgan fingerprint density at radius 2 is 1.79 bits per heavy atom. The van der Waals surface area contributed by atoms with Gasteiger partial charge in [-0.3, -0.25) is 14.5 Å². The van der Waals surface area contributed by atoms with Crippen LogP contribution in [0.5, 0.6) is 0 Å². The Labute approximate surface area is 165 Å². The lowest BCUT2D eigenvalue weighted by Gasteiger charge is -2.26. The molecule has 1 saturated heterocycles. The Bertz CT molecular complexity index is 791. The van der Waals surface area contributed by atoms with Crippen molar-refractivity contribution in [2.75, 3.05) is 46.4 Å². The normalized spacial score (nSPS) is 14.5. The number of nitrogens with zero attached hydrogens (tertiary/aromatic N) is 3. The number of amides is 2. The number of nitrogens with one attached hydrogen (secondary N) is 1. The summed E-state index contributed by atoms with van der Waals surface area (Å²) in [5, 5.41) is 2.87. The van der Waals surface area contributed by atoms with Gasteiger partial charge in [-0.1, -0.05) is 36.4 Å². The molecule has 2 aromatic rings. The highest BCUT2D eigenvalue weighted by atomic mass is 16.5. The average Bonchev–Trinajstić information content (AvgIpc) is 2.74. The Morgan fingerprint density at radius 3 is 2.54 bits per heavy atom. The molecule has 7 heteroatoms. The van der Waals surface area contributed by atoms with Gasteiger partial charge in [0.15, 0.2) is 0 Å². The van der Waals surface area contributed by atoms with Crippen molar-refractivity contribution in [3.05, 3.63) is 65.5 Å². The van der Waals surface area contributed by atoms with Crippen molar-refractivity contribution in [3.8, 4) is 0 Å². The maximum Gasteiger partial charge on any atom is 0.272 e. The van der Waals surface area contributed by atoms with Crippen LogP contribution in [0.4, 0.5) is 0 Å². The molecule has 3 rings (SSSR count). The van der Waals surface area contributed by atoms with Crippen LogP contribution in [0.15, 0.2) is 48.5 Å². The van der Waals surface area contributed by atoms with Gasteiger partial charge >= 0.3 is 0 Å². The molecule has 28 heavy (non-hydrogen) atoms. The maximum atomic E-state index is 12.7. The highest BCUT2D eigenvalue weighted by Crippen LogP contribution is 2.08. The summed E-state index contributed by atoms with van der Waals surface area (Å²) in [4.78, 5) is 33.1. The van der Waals surface area contributed by atoms with Crippen LogP contribution in [0.2, 0.25) is 0 Å². The van der Waals surface area contributed by atoms with Crippen LogP contribution in [-0.4, -0.2) is 73.0 Å². The second-order valence-electron chi connectivity index (χ2n) is 6.76. The Hall–Kier alpha value is -2.77. The molecule has 1 aromatic heterocycles. The van der Waals surface area contributed by atoms with Gasteiger partial charge in [-0.25, -0.2) is 4.98 Å². The lowest BCUT2D eigenvalue weighted by atomic mass is 10.2. The number of rotatable bonds is 7. The monoisotopic (exact) mass is 382 g/mol. The first kappa shape index (κ1) is 20.0. The van der Waals surface area contributed by atoms with Crippen molar-refractivity contribution < 1.29 is 14.3 Å². The van der Waals surface area contributed by atoms with E-state index in [0.29, 0.717) is 13.1 Å². The molecule has 0 radical (unpaired) electrons. The Morgan fingerprint density at radius 1 is 1.07 bits per heavy atom. The van der Waals surface area contributed by atoms with Crippen LogP contribution in [0, 0.1) is 0 Å². The summed E-state index contributed by atoms with van der Waals surface area (Å²) in [5.41, 5.74) is 1.55. The zero-order valence-electron chi connectivity index (χ0n) is 16.1. The molecule has 0 bridgehead atoms. The van der Waals surface area contributed by atoms with Crippen molar-refractivity contribution in [2.45, 2.75) is 6.54 Å². The minimum atomic E-state index is -0.270. The van der Waals surface area contributed by atoms with Crippen molar-refractivity contribution in [3.63, 3.8) is 0 Å². The van der Waals surface area contributed by atoms with Gasteiger partial charge in [0, 0.05) is 39.8 Å². The van der Waals surface area contributed by atoms with Crippen LogP contribution in [0.1, 0.15) is 26.5 Å². The van der Waals surface area contributed by atoms with Crippen molar-refractivity contribution >= 4 is 11.8 Å². The van der Waals surface area contributed by atoms with Crippen LogP contribution < -0.4 is 5.32 Å². The highest BCUT2D eigenvalue weighted by molar-refractivity contribution is 5.96. The number of hydrogen-bond donors (Lipinski definition) is 1. The predicted molar refractivity (Wildman–Crippen MR) is 106 cm³/mol. The molecule has 2 amide bonds. The molecule has 7 nitrogen and oxygen atoms in total. The Balaban J connectivity index is 1.54. The van der Waals surface area contributed by atoms with Crippen LogP contribution in [0.3, 0.4) is 0 Å². The molecule has 0 unspecified atom stereocenters. The van der Waals surface area contributed by atoms with E-state index in [1.165, 1.54) is 0 Å². The van der Waals surface area contributed by atoms with Crippen molar-refractivity contribution in [1.29, 1.82) is 0 Å². The molecule has 0 atom stereocenters. The predicted octanol–water partition coefficient (Wildman–Crippen LogP) is 1.42.